The third-order valence-corrected chi connectivity index (χ3v) is 5.24. The van der Waals surface area contributed by atoms with Crippen molar-refractivity contribution in [2.75, 3.05) is 5.32 Å². The molecule has 2 heterocycles. The second-order valence-corrected chi connectivity index (χ2v) is 8.51. The van der Waals surface area contributed by atoms with Crippen molar-refractivity contribution in [1.29, 1.82) is 0 Å². The van der Waals surface area contributed by atoms with E-state index in [0.717, 1.165) is 31.2 Å². The van der Waals surface area contributed by atoms with Crippen molar-refractivity contribution in [2.24, 2.45) is 0 Å². The number of nitrogens with zero attached hydrogens (tertiary/aromatic N) is 3. The molecule has 0 aromatic carbocycles. The molecule has 29 heavy (non-hydrogen) atoms. The maximum atomic E-state index is 12.5. The molecule has 0 saturated heterocycles. The molecule has 0 unspecified atom stereocenters. The lowest BCUT2D eigenvalue weighted by Crippen LogP contribution is -2.40. The summed E-state index contributed by atoms with van der Waals surface area (Å²) in [6, 6.07) is 7.16. The molecule has 0 spiro atoms. The molecule has 1 saturated carbocycles. The molecule has 2 aromatic rings. The first-order valence-corrected chi connectivity index (χ1v) is 9.87. The molecule has 0 aliphatic heterocycles. The Bertz CT molecular complexity index is 851. The summed E-state index contributed by atoms with van der Waals surface area (Å²) in [5, 5.41) is 17.1. The smallest absolute Gasteiger partial charge is 0.287 e. The van der Waals surface area contributed by atoms with Crippen molar-refractivity contribution in [3.63, 3.8) is 0 Å². The normalized spacial score (nSPS) is 19.4. The molecular formula is C21H27N5O3. The van der Waals surface area contributed by atoms with Crippen LogP contribution >= 0.6 is 0 Å². The first kappa shape index (κ1) is 20.7. The van der Waals surface area contributed by atoms with Gasteiger partial charge in [0.15, 0.2) is 0 Å². The van der Waals surface area contributed by atoms with Gasteiger partial charge in [0.2, 0.25) is 0 Å². The average Bonchev–Trinajstić information content (AvgIpc) is 2.69. The van der Waals surface area contributed by atoms with Gasteiger partial charge in [-0.25, -0.2) is 4.98 Å². The van der Waals surface area contributed by atoms with Gasteiger partial charge in [0.05, 0.1) is 4.92 Å². The van der Waals surface area contributed by atoms with Crippen LogP contribution in [0.25, 0.3) is 0 Å². The van der Waals surface area contributed by atoms with E-state index in [4.69, 9.17) is 0 Å². The zero-order valence-corrected chi connectivity index (χ0v) is 17.0. The highest BCUT2D eigenvalue weighted by atomic mass is 16.6. The predicted octanol–water partition coefficient (Wildman–Crippen LogP) is 3.84. The number of hydrogen-bond acceptors (Lipinski definition) is 6. The number of hydrogen-bond donors (Lipinski definition) is 2. The Balaban J connectivity index is 1.48. The molecule has 0 atom stereocenters. The SMILES string of the molecule is CC(C)(C)c1ccc(C(=O)NC2CCC(Nc3ccc([N+](=O)[O-])cn3)CC2)nc1. The molecule has 1 aliphatic rings. The van der Waals surface area contributed by atoms with E-state index in [0.29, 0.717) is 11.5 Å². The van der Waals surface area contributed by atoms with Gasteiger partial charge in [-0.2, -0.15) is 0 Å². The van der Waals surface area contributed by atoms with Crippen molar-refractivity contribution in [1.82, 2.24) is 15.3 Å². The van der Waals surface area contributed by atoms with Gasteiger partial charge >= 0.3 is 0 Å². The number of pyridine rings is 2. The second-order valence-electron chi connectivity index (χ2n) is 8.51. The number of anilines is 1. The second kappa shape index (κ2) is 8.55. The number of rotatable bonds is 5. The largest absolute Gasteiger partial charge is 0.367 e. The van der Waals surface area contributed by atoms with Crippen LogP contribution in [0, 0.1) is 10.1 Å². The summed E-state index contributed by atoms with van der Waals surface area (Å²) >= 11 is 0. The Kier molecular flexibility index (Phi) is 6.10. The van der Waals surface area contributed by atoms with E-state index in [2.05, 4.69) is 41.4 Å². The van der Waals surface area contributed by atoms with Crippen LogP contribution in [-0.2, 0) is 5.41 Å². The Labute approximate surface area is 170 Å². The summed E-state index contributed by atoms with van der Waals surface area (Å²) in [7, 11) is 0. The minimum Gasteiger partial charge on any atom is -0.367 e. The van der Waals surface area contributed by atoms with Crippen molar-refractivity contribution in [3.8, 4) is 0 Å². The summed E-state index contributed by atoms with van der Waals surface area (Å²) in [4.78, 5) is 31.1. The summed E-state index contributed by atoms with van der Waals surface area (Å²) in [5.41, 5.74) is 1.52. The highest BCUT2D eigenvalue weighted by Crippen LogP contribution is 2.23. The number of nitrogens with one attached hydrogen (secondary N) is 2. The van der Waals surface area contributed by atoms with E-state index in [1.54, 1.807) is 18.3 Å². The predicted molar refractivity (Wildman–Crippen MR) is 111 cm³/mol. The highest BCUT2D eigenvalue weighted by molar-refractivity contribution is 5.92. The first-order valence-electron chi connectivity index (χ1n) is 9.87. The first-order chi connectivity index (χ1) is 13.7. The van der Waals surface area contributed by atoms with Crippen molar-refractivity contribution in [3.05, 3.63) is 58.0 Å². The van der Waals surface area contributed by atoms with Gasteiger partial charge in [0, 0.05) is 24.3 Å². The van der Waals surface area contributed by atoms with Crippen LogP contribution in [0.15, 0.2) is 36.7 Å². The van der Waals surface area contributed by atoms with Gasteiger partial charge in [-0.15, -0.1) is 0 Å². The molecule has 1 fully saturated rings. The van der Waals surface area contributed by atoms with E-state index in [9.17, 15) is 14.9 Å². The zero-order valence-electron chi connectivity index (χ0n) is 17.0. The lowest BCUT2D eigenvalue weighted by atomic mass is 9.88. The van der Waals surface area contributed by atoms with Crippen LogP contribution in [0.4, 0.5) is 11.5 Å². The number of amides is 1. The molecule has 8 heteroatoms. The van der Waals surface area contributed by atoms with E-state index >= 15 is 0 Å². The van der Waals surface area contributed by atoms with Gasteiger partial charge < -0.3 is 10.6 Å². The number of carbonyl (C=O) groups is 1. The topological polar surface area (TPSA) is 110 Å². The molecule has 2 aromatic heterocycles. The van der Waals surface area contributed by atoms with Crippen molar-refractivity contribution in [2.45, 2.75) is 64.0 Å². The van der Waals surface area contributed by atoms with E-state index in [1.807, 2.05) is 6.07 Å². The van der Waals surface area contributed by atoms with E-state index in [-0.39, 0.29) is 29.1 Å². The lowest BCUT2D eigenvalue weighted by molar-refractivity contribution is -0.385. The van der Waals surface area contributed by atoms with Crippen LogP contribution in [-0.4, -0.2) is 32.9 Å². The average molecular weight is 397 g/mol. The third-order valence-electron chi connectivity index (χ3n) is 5.24. The summed E-state index contributed by atoms with van der Waals surface area (Å²) in [6.45, 7) is 6.34. The van der Waals surface area contributed by atoms with Gasteiger partial charge in [-0.3, -0.25) is 19.9 Å². The van der Waals surface area contributed by atoms with E-state index in [1.165, 1.54) is 12.3 Å². The maximum absolute atomic E-state index is 12.5. The van der Waals surface area contributed by atoms with E-state index < -0.39 is 4.92 Å². The highest BCUT2D eigenvalue weighted by Gasteiger charge is 2.24. The Morgan fingerprint density at radius 3 is 2.24 bits per heavy atom. The fourth-order valence-electron chi connectivity index (χ4n) is 3.40. The van der Waals surface area contributed by atoms with Gasteiger partial charge in [0.25, 0.3) is 11.6 Å². The van der Waals surface area contributed by atoms with Crippen LogP contribution in [0.3, 0.4) is 0 Å². The zero-order chi connectivity index (χ0) is 21.0. The molecule has 0 bridgehead atoms. The Morgan fingerprint density at radius 1 is 1.03 bits per heavy atom. The standard InChI is InChI=1S/C21H27N5O3/c1-21(2,3)14-4-10-18(22-12-14)20(27)25-16-7-5-15(6-8-16)24-19-11-9-17(13-23-19)26(28)29/h4,9-13,15-16H,5-8H2,1-3H3,(H,23,24)(H,25,27). The Morgan fingerprint density at radius 2 is 1.72 bits per heavy atom. The van der Waals surface area contributed by atoms with Gasteiger partial charge in [-0.1, -0.05) is 26.8 Å². The van der Waals surface area contributed by atoms with Crippen molar-refractivity contribution >= 4 is 17.4 Å². The minimum absolute atomic E-state index is 0.00587. The Hall–Kier alpha value is -3.03. The molecule has 3 rings (SSSR count). The lowest BCUT2D eigenvalue weighted by Gasteiger charge is -2.30. The molecule has 154 valence electrons. The number of carbonyl (C=O) groups excluding carboxylic acids is 1. The molecule has 0 radical (unpaired) electrons. The summed E-state index contributed by atoms with van der Waals surface area (Å²) in [6.07, 6.45) is 6.52. The van der Waals surface area contributed by atoms with Crippen LogP contribution in [0.2, 0.25) is 0 Å². The van der Waals surface area contributed by atoms with Crippen LogP contribution < -0.4 is 10.6 Å². The quantitative estimate of drug-likeness (QED) is 0.586. The fraction of sp³-hybridized carbons (Fsp3) is 0.476. The fourth-order valence-corrected chi connectivity index (χ4v) is 3.40. The van der Waals surface area contributed by atoms with Crippen LogP contribution in [0.5, 0.6) is 0 Å². The molecule has 2 N–H and O–H groups in total. The molecule has 8 nitrogen and oxygen atoms in total. The number of aromatic nitrogens is 2. The third kappa shape index (κ3) is 5.49. The monoisotopic (exact) mass is 397 g/mol. The van der Waals surface area contributed by atoms with Crippen molar-refractivity contribution < 1.29 is 9.72 Å². The van der Waals surface area contributed by atoms with Gasteiger partial charge in [0.1, 0.15) is 17.7 Å². The minimum atomic E-state index is -0.462. The summed E-state index contributed by atoms with van der Waals surface area (Å²) in [5.74, 6) is 0.491. The summed E-state index contributed by atoms with van der Waals surface area (Å²) < 4.78 is 0. The van der Waals surface area contributed by atoms with Crippen LogP contribution in [0.1, 0.15) is 62.5 Å². The molecule has 1 aliphatic carbocycles. The maximum Gasteiger partial charge on any atom is 0.287 e. The number of nitro groups is 1. The molecular weight excluding hydrogens is 370 g/mol. The molecule has 1 amide bonds. The van der Waals surface area contributed by atoms with Gasteiger partial charge in [-0.05, 0) is 48.8 Å².